The van der Waals surface area contributed by atoms with E-state index in [0.717, 1.165) is 41.6 Å². The third kappa shape index (κ3) is 5.32. The average Bonchev–Trinajstić information content (AvgIpc) is 3.56. The van der Waals surface area contributed by atoms with Gasteiger partial charge < -0.3 is 20.4 Å². The van der Waals surface area contributed by atoms with Crippen LogP contribution < -0.4 is 10.5 Å². The minimum Gasteiger partial charge on any atom is -0.433 e. The number of halogens is 2. The molecule has 5 aromatic rings. The lowest BCUT2D eigenvalue weighted by Gasteiger charge is -2.29. The second-order valence-electron chi connectivity index (χ2n) is 10.8. The van der Waals surface area contributed by atoms with Crippen molar-refractivity contribution < 1.29 is 23.1 Å². The van der Waals surface area contributed by atoms with Crippen LogP contribution in [0.2, 0.25) is 0 Å². The van der Waals surface area contributed by atoms with Crippen molar-refractivity contribution >= 4 is 28.4 Å². The largest absolute Gasteiger partial charge is 0.433 e. The normalized spacial score (nSPS) is 13.2. The molecule has 0 unspecified atom stereocenters. The number of aromatic amines is 1. The van der Waals surface area contributed by atoms with Crippen molar-refractivity contribution in [3.63, 3.8) is 0 Å². The van der Waals surface area contributed by atoms with Gasteiger partial charge in [-0.3, -0.25) is 14.5 Å². The molecule has 12 heteroatoms. The number of carbonyl (C=O) groups is 2. The Hall–Kier alpha value is -5.10. The molecule has 0 radical (unpaired) electrons. The van der Waals surface area contributed by atoms with Gasteiger partial charge in [-0.05, 0) is 60.4 Å². The van der Waals surface area contributed by atoms with Gasteiger partial charge in [-0.1, -0.05) is 6.07 Å². The molecule has 1 aliphatic heterocycles. The maximum absolute atomic E-state index is 14.0. The van der Waals surface area contributed by atoms with Crippen molar-refractivity contribution in [3.05, 3.63) is 94.4 Å². The first kappa shape index (κ1) is 28.0. The molecule has 2 aromatic carbocycles. The predicted octanol–water partition coefficient (Wildman–Crippen LogP) is 4.39. The number of fused-ring (bicyclic) bond motifs is 2. The van der Waals surface area contributed by atoms with Crippen molar-refractivity contribution in [2.24, 2.45) is 0 Å². The quantitative estimate of drug-likeness (QED) is 0.272. The van der Waals surface area contributed by atoms with Crippen LogP contribution in [0.15, 0.2) is 54.9 Å². The number of carbonyl (C=O) groups excluding carboxylic acids is 2. The van der Waals surface area contributed by atoms with Crippen LogP contribution in [0.1, 0.15) is 32.7 Å². The number of H-pyrrole nitrogens is 1. The highest BCUT2D eigenvalue weighted by Gasteiger charge is 2.23. The molecule has 0 aliphatic carbocycles. The summed E-state index contributed by atoms with van der Waals surface area (Å²) in [6.07, 6.45) is 3.61. The number of ketones is 1. The molecule has 43 heavy (non-hydrogen) atoms. The number of aromatic nitrogens is 4. The molecule has 1 aliphatic rings. The molecule has 220 valence electrons. The number of aryl methyl sites for hydroxylation is 1. The first-order valence-corrected chi connectivity index (χ1v) is 13.6. The lowest BCUT2D eigenvalue weighted by atomic mass is 9.98. The number of hydrogen-bond acceptors (Lipinski definition) is 7. The molecule has 0 bridgehead atoms. The van der Waals surface area contributed by atoms with E-state index in [2.05, 4.69) is 32.1 Å². The standard InChI is InChI=1S/C31H29F2N7O3/c1-17-9-27(43-30-22(32)5-4-6-23(30)33)35-14-26(17)40-31(34)21(13-36-40)29(42)25-12-19-10-20-15-39(16-28(41)38(2)3)8-7-18(20)11-24(19)37-25/h4-6,9-14,37H,7-8,15-16,34H2,1-3H3. The van der Waals surface area contributed by atoms with Gasteiger partial charge in [-0.15, -0.1) is 0 Å². The van der Waals surface area contributed by atoms with Gasteiger partial charge in [0, 0.05) is 44.2 Å². The summed E-state index contributed by atoms with van der Waals surface area (Å²) in [6.45, 7) is 3.54. The van der Waals surface area contributed by atoms with E-state index >= 15 is 0 Å². The number of pyridine rings is 1. The Morgan fingerprint density at radius 2 is 1.86 bits per heavy atom. The van der Waals surface area contributed by atoms with Crippen LogP contribution in [-0.4, -0.2) is 68.4 Å². The first-order valence-electron chi connectivity index (χ1n) is 13.6. The molecule has 0 saturated heterocycles. The number of rotatable bonds is 7. The second-order valence-corrected chi connectivity index (χ2v) is 10.8. The van der Waals surface area contributed by atoms with E-state index in [-0.39, 0.29) is 29.0 Å². The third-order valence-corrected chi connectivity index (χ3v) is 7.60. The maximum atomic E-state index is 14.0. The predicted molar refractivity (Wildman–Crippen MR) is 156 cm³/mol. The molecule has 3 aromatic heterocycles. The van der Waals surface area contributed by atoms with Crippen molar-refractivity contribution in [3.8, 4) is 17.3 Å². The molecule has 4 heterocycles. The smallest absolute Gasteiger partial charge is 0.236 e. The van der Waals surface area contributed by atoms with Crippen LogP contribution in [0.25, 0.3) is 16.6 Å². The van der Waals surface area contributed by atoms with Crippen LogP contribution in [-0.2, 0) is 17.8 Å². The van der Waals surface area contributed by atoms with Gasteiger partial charge in [0.05, 0.1) is 35.9 Å². The molecule has 1 amide bonds. The molecule has 3 N–H and O–H groups in total. The summed E-state index contributed by atoms with van der Waals surface area (Å²) in [4.78, 5) is 36.8. The number of nitrogens with zero attached hydrogens (tertiary/aromatic N) is 5. The van der Waals surface area contributed by atoms with Gasteiger partial charge >= 0.3 is 0 Å². The van der Waals surface area contributed by atoms with Crippen molar-refractivity contribution in [1.29, 1.82) is 0 Å². The fourth-order valence-electron chi connectivity index (χ4n) is 5.20. The topological polar surface area (TPSA) is 122 Å². The molecule has 0 spiro atoms. The summed E-state index contributed by atoms with van der Waals surface area (Å²) in [5.41, 5.74) is 11.2. The first-order chi connectivity index (χ1) is 20.6. The number of amides is 1. The number of anilines is 1. The Labute approximate surface area is 245 Å². The Balaban J connectivity index is 1.23. The monoisotopic (exact) mass is 585 g/mol. The third-order valence-electron chi connectivity index (χ3n) is 7.60. The van der Waals surface area contributed by atoms with Crippen LogP contribution in [0.5, 0.6) is 11.6 Å². The van der Waals surface area contributed by atoms with Gasteiger partial charge in [-0.2, -0.15) is 5.10 Å². The number of ether oxygens (including phenoxy) is 1. The van der Waals surface area contributed by atoms with Gasteiger partial charge in [-0.25, -0.2) is 18.4 Å². The highest BCUT2D eigenvalue weighted by molar-refractivity contribution is 6.12. The summed E-state index contributed by atoms with van der Waals surface area (Å²) in [6, 6.07) is 10.8. The Morgan fingerprint density at radius 3 is 2.58 bits per heavy atom. The number of para-hydroxylation sites is 1. The SMILES string of the molecule is Cc1cc(Oc2c(F)cccc2F)ncc1-n1ncc(C(=O)c2cc3cc4c(cc3[nH]2)CCN(CC(=O)N(C)C)C4)c1N. The van der Waals surface area contributed by atoms with E-state index in [1.807, 2.05) is 0 Å². The van der Waals surface area contributed by atoms with Crippen molar-refractivity contribution in [2.75, 3.05) is 32.9 Å². The van der Waals surface area contributed by atoms with Gasteiger partial charge in [0.2, 0.25) is 23.3 Å². The van der Waals surface area contributed by atoms with Crippen molar-refractivity contribution in [2.45, 2.75) is 19.9 Å². The summed E-state index contributed by atoms with van der Waals surface area (Å²) in [5.74, 6) is -2.41. The zero-order valence-electron chi connectivity index (χ0n) is 23.8. The Bertz CT molecular complexity index is 1880. The number of nitrogen functional groups attached to an aromatic ring is 1. The van der Waals surface area contributed by atoms with E-state index in [9.17, 15) is 18.4 Å². The Morgan fingerprint density at radius 1 is 1.09 bits per heavy atom. The molecule has 0 saturated carbocycles. The number of hydrogen-bond donors (Lipinski definition) is 2. The summed E-state index contributed by atoms with van der Waals surface area (Å²) >= 11 is 0. The van der Waals surface area contributed by atoms with E-state index < -0.39 is 17.4 Å². The number of nitrogens with two attached hydrogens (primary N) is 1. The van der Waals surface area contributed by atoms with E-state index in [1.54, 1.807) is 32.0 Å². The zero-order valence-corrected chi connectivity index (χ0v) is 23.8. The second kappa shape index (κ2) is 11.0. The highest BCUT2D eigenvalue weighted by atomic mass is 19.1. The van der Waals surface area contributed by atoms with Crippen LogP contribution in [0, 0.1) is 18.6 Å². The molecule has 0 atom stereocenters. The zero-order chi connectivity index (χ0) is 30.4. The van der Waals surface area contributed by atoms with E-state index in [0.29, 0.717) is 30.0 Å². The molecule has 0 fully saturated rings. The molecular weight excluding hydrogens is 556 g/mol. The van der Waals surface area contributed by atoms with Crippen LogP contribution in [0.4, 0.5) is 14.6 Å². The van der Waals surface area contributed by atoms with Gasteiger partial charge in [0.15, 0.2) is 11.6 Å². The van der Waals surface area contributed by atoms with Gasteiger partial charge in [0.1, 0.15) is 5.82 Å². The summed E-state index contributed by atoms with van der Waals surface area (Å²) in [7, 11) is 3.50. The lowest BCUT2D eigenvalue weighted by Crippen LogP contribution is -2.39. The number of nitrogens with one attached hydrogen (secondary N) is 1. The summed E-state index contributed by atoms with van der Waals surface area (Å²) in [5, 5.41) is 5.20. The summed E-state index contributed by atoms with van der Waals surface area (Å²) < 4.78 is 34.7. The van der Waals surface area contributed by atoms with Crippen LogP contribution >= 0.6 is 0 Å². The van der Waals surface area contributed by atoms with E-state index in [1.165, 1.54) is 34.8 Å². The minimum atomic E-state index is -0.849. The average molecular weight is 586 g/mol. The number of likely N-dealkylation sites (N-methyl/N-ethyl adjacent to an activating group) is 1. The van der Waals surface area contributed by atoms with E-state index in [4.69, 9.17) is 10.5 Å². The fraction of sp³-hybridized carbons (Fsp3) is 0.226. The number of benzene rings is 2. The molecule has 6 rings (SSSR count). The molecule has 10 nitrogen and oxygen atoms in total. The molecular formula is C31H29F2N7O3. The van der Waals surface area contributed by atoms with Crippen LogP contribution in [0.3, 0.4) is 0 Å². The van der Waals surface area contributed by atoms with Crippen molar-refractivity contribution in [1.82, 2.24) is 29.5 Å². The highest BCUT2D eigenvalue weighted by Crippen LogP contribution is 2.30. The van der Waals surface area contributed by atoms with Gasteiger partial charge in [0.25, 0.3) is 0 Å². The Kier molecular flexibility index (Phi) is 7.14. The maximum Gasteiger partial charge on any atom is 0.236 e. The minimum absolute atomic E-state index is 0.0135. The fourth-order valence-corrected chi connectivity index (χ4v) is 5.20. The lowest BCUT2D eigenvalue weighted by molar-refractivity contribution is -0.130.